The summed E-state index contributed by atoms with van der Waals surface area (Å²) in [5, 5.41) is 8.82. The lowest BCUT2D eigenvalue weighted by Crippen LogP contribution is -2.47. The fraction of sp³-hybridized carbons (Fsp3) is 0.591. The van der Waals surface area contributed by atoms with Crippen LogP contribution in [0.2, 0.25) is 0 Å². The van der Waals surface area contributed by atoms with Gasteiger partial charge in [-0.2, -0.15) is 0 Å². The Hall–Kier alpha value is -2.41. The molecule has 1 fully saturated rings. The smallest absolute Gasteiger partial charge is 0.251 e. The maximum atomic E-state index is 12.6. The standard InChI is InChI=1S/C22H34N4O3/c1-5-11-23-19(27)15-26-12-9-17(10-13-26)24-20(28)16-7-6-8-18(14-16)25-21(29)22(2,3)4/h6-8,14,17H,5,9-13,15H2,1-4H3,(H,23,27)(H,24,28)(H,25,29). The van der Waals surface area contributed by atoms with Crippen molar-refractivity contribution >= 4 is 23.4 Å². The molecule has 29 heavy (non-hydrogen) atoms. The fourth-order valence-corrected chi connectivity index (χ4v) is 3.08. The Morgan fingerprint density at radius 1 is 1.14 bits per heavy atom. The van der Waals surface area contributed by atoms with Crippen LogP contribution in [0.15, 0.2) is 24.3 Å². The lowest BCUT2D eigenvalue weighted by molar-refractivity contribution is -0.123. The van der Waals surface area contributed by atoms with Crippen LogP contribution in [0.1, 0.15) is 57.3 Å². The van der Waals surface area contributed by atoms with Gasteiger partial charge in [0.2, 0.25) is 11.8 Å². The monoisotopic (exact) mass is 402 g/mol. The maximum absolute atomic E-state index is 12.6. The van der Waals surface area contributed by atoms with Gasteiger partial charge in [0.1, 0.15) is 0 Å². The van der Waals surface area contributed by atoms with E-state index in [0.717, 1.165) is 32.4 Å². The summed E-state index contributed by atoms with van der Waals surface area (Å²) in [7, 11) is 0. The number of carbonyl (C=O) groups is 3. The average Bonchev–Trinajstić information content (AvgIpc) is 2.67. The Bertz CT molecular complexity index is 719. The molecule has 1 aromatic carbocycles. The molecule has 0 aromatic heterocycles. The van der Waals surface area contributed by atoms with Gasteiger partial charge in [-0.15, -0.1) is 0 Å². The quantitative estimate of drug-likeness (QED) is 0.653. The van der Waals surface area contributed by atoms with Gasteiger partial charge in [0, 0.05) is 42.3 Å². The lowest BCUT2D eigenvalue weighted by Gasteiger charge is -2.31. The van der Waals surface area contributed by atoms with Crippen molar-refractivity contribution in [3.05, 3.63) is 29.8 Å². The summed E-state index contributed by atoms with van der Waals surface area (Å²) in [6.07, 6.45) is 2.56. The van der Waals surface area contributed by atoms with Gasteiger partial charge in [-0.05, 0) is 37.5 Å². The van der Waals surface area contributed by atoms with Crippen LogP contribution in [-0.2, 0) is 9.59 Å². The normalized spacial score (nSPS) is 15.6. The van der Waals surface area contributed by atoms with E-state index in [9.17, 15) is 14.4 Å². The first-order valence-electron chi connectivity index (χ1n) is 10.4. The van der Waals surface area contributed by atoms with E-state index >= 15 is 0 Å². The van der Waals surface area contributed by atoms with Gasteiger partial charge in [-0.3, -0.25) is 19.3 Å². The summed E-state index contributed by atoms with van der Waals surface area (Å²) in [4.78, 5) is 38.7. The summed E-state index contributed by atoms with van der Waals surface area (Å²) in [5.74, 6) is -0.176. The second kappa shape index (κ2) is 10.4. The molecule has 1 aliphatic rings. The minimum absolute atomic E-state index is 0.0588. The summed E-state index contributed by atoms with van der Waals surface area (Å²) >= 11 is 0. The third-order valence-corrected chi connectivity index (χ3v) is 4.93. The molecule has 0 unspecified atom stereocenters. The molecule has 7 heteroatoms. The third-order valence-electron chi connectivity index (χ3n) is 4.93. The van der Waals surface area contributed by atoms with Crippen molar-refractivity contribution in [3.63, 3.8) is 0 Å². The molecule has 0 spiro atoms. The number of amides is 3. The third kappa shape index (κ3) is 7.49. The van der Waals surface area contributed by atoms with Crippen LogP contribution in [0.25, 0.3) is 0 Å². The van der Waals surface area contributed by atoms with Crippen LogP contribution >= 0.6 is 0 Å². The van der Waals surface area contributed by atoms with Crippen LogP contribution in [0.4, 0.5) is 5.69 Å². The summed E-state index contributed by atoms with van der Waals surface area (Å²) in [6, 6.07) is 7.08. The average molecular weight is 403 g/mol. The Morgan fingerprint density at radius 2 is 1.83 bits per heavy atom. The molecule has 3 amide bonds. The van der Waals surface area contributed by atoms with Crippen LogP contribution in [0, 0.1) is 5.41 Å². The Labute approximate surface area is 173 Å². The summed E-state index contributed by atoms with van der Waals surface area (Å²) in [5.41, 5.74) is 0.642. The molecule has 0 aliphatic carbocycles. The molecule has 0 radical (unpaired) electrons. The van der Waals surface area contributed by atoms with Gasteiger partial charge in [0.05, 0.1) is 6.54 Å². The van der Waals surface area contributed by atoms with E-state index in [2.05, 4.69) is 20.9 Å². The number of nitrogens with zero attached hydrogens (tertiary/aromatic N) is 1. The zero-order chi connectivity index (χ0) is 21.4. The van der Waals surface area contributed by atoms with E-state index in [1.165, 1.54) is 0 Å². The van der Waals surface area contributed by atoms with E-state index in [1.807, 2.05) is 27.7 Å². The predicted molar refractivity (Wildman–Crippen MR) is 115 cm³/mol. The molecule has 7 nitrogen and oxygen atoms in total. The number of piperidine rings is 1. The fourth-order valence-electron chi connectivity index (χ4n) is 3.08. The van der Waals surface area contributed by atoms with Gasteiger partial charge in [0.25, 0.3) is 5.91 Å². The number of likely N-dealkylation sites (tertiary alicyclic amines) is 1. The zero-order valence-electron chi connectivity index (χ0n) is 18.0. The van der Waals surface area contributed by atoms with Crippen molar-refractivity contribution < 1.29 is 14.4 Å². The van der Waals surface area contributed by atoms with Crippen molar-refractivity contribution in [2.24, 2.45) is 5.41 Å². The van der Waals surface area contributed by atoms with Gasteiger partial charge in [-0.25, -0.2) is 0 Å². The molecule has 1 aliphatic heterocycles. The van der Waals surface area contributed by atoms with Gasteiger partial charge in [-0.1, -0.05) is 33.8 Å². The van der Waals surface area contributed by atoms with E-state index in [1.54, 1.807) is 24.3 Å². The van der Waals surface area contributed by atoms with Crippen molar-refractivity contribution in [1.29, 1.82) is 0 Å². The molecule has 160 valence electrons. The molecule has 0 atom stereocenters. The predicted octanol–water partition coefficient (Wildman–Crippen LogP) is 2.39. The molecule has 1 heterocycles. The van der Waals surface area contributed by atoms with Crippen LogP contribution in [0.5, 0.6) is 0 Å². The Balaban J connectivity index is 1.83. The molecule has 2 rings (SSSR count). The minimum atomic E-state index is -0.500. The van der Waals surface area contributed by atoms with Crippen LogP contribution in [-0.4, -0.2) is 54.8 Å². The molecule has 0 bridgehead atoms. The number of anilines is 1. The minimum Gasteiger partial charge on any atom is -0.355 e. The van der Waals surface area contributed by atoms with Crippen molar-refractivity contribution in [2.75, 3.05) is 31.5 Å². The number of benzene rings is 1. The van der Waals surface area contributed by atoms with Gasteiger partial charge < -0.3 is 16.0 Å². The first-order chi connectivity index (χ1) is 13.7. The molecule has 0 saturated carbocycles. The number of nitrogens with one attached hydrogen (secondary N) is 3. The Morgan fingerprint density at radius 3 is 2.45 bits per heavy atom. The van der Waals surface area contributed by atoms with Gasteiger partial charge in [0.15, 0.2) is 0 Å². The van der Waals surface area contributed by atoms with Crippen molar-refractivity contribution in [2.45, 2.75) is 53.0 Å². The van der Waals surface area contributed by atoms with E-state index in [4.69, 9.17) is 0 Å². The van der Waals surface area contributed by atoms with E-state index in [-0.39, 0.29) is 23.8 Å². The molecular formula is C22H34N4O3. The highest BCUT2D eigenvalue weighted by atomic mass is 16.2. The van der Waals surface area contributed by atoms with Crippen LogP contribution < -0.4 is 16.0 Å². The number of hydrogen-bond donors (Lipinski definition) is 3. The van der Waals surface area contributed by atoms with E-state index in [0.29, 0.717) is 24.3 Å². The topological polar surface area (TPSA) is 90.5 Å². The highest BCUT2D eigenvalue weighted by Crippen LogP contribution is 2.18. The van der Waals surface area contributed by atoms with Crippen molar-refractivity contribution in [3.8, 4) is 0 Å². The molecule has 1 saturated heterocycles. The van der Waals surface area contributed by atoms with Crippen LogP contribution in [0.3, 0.4) is 0 Å². The highest BCUT2D eigenvalue weighted by molar-refractivity contribution is 5.98. The number of hydrogen-bond acceptors (Lipinski definition) is 4. The zero-order valence-corrected chi connectivity index (χ0v) is 18.0. The second-order valence-corrected chi connectivity index (χ2v) is 8.66. The highest BCUT2D eigenvalue weighted by Gasteiger charge is 2.23. The SMILES string of the molecule is CCCNC(=O)CN1CCC(NC(=O)c2cccc(NC(=O)C(C)(C)C)c2)CC1. The largest absolute Gasteiger partial charge is 0.355 e. The van der Waals surface area contributed by atoms with Crippen molar-refractivity contribution in [1.82, 2.24) is 15.5 Å². The molecule has 1 aromatic rings. The maximum Gasteiger partial charge on any atom is 0.251 e. The second-order valence-electron chi connectivity index (χ2n) is 8.66. The lowest BCUT2D eigenvalue weighted by atomic mass is 9.95. The number of carbonyl (C=O) groups excluding carboxylic acids is 3. The molecule has 3 N–H and O–H groups in total. The first kappa shape index (κ1) is 22.9. The van der Waals surface area contributed by atoms with Gasteiger partial charge >= 0.3 is 0 Å². The summed E-state index contributed by atoms with van der Waals surface area (Å²) < 4.78 is 0. The Kier molecular flexibility index (Phi) is 8.20. The first-order valence-corrected chi connectivity index (χ1v) is 10.4. The van der Waals surface area contributed by atoms with E-state index < -0.39 is 5.41 Å². The number of rotatable bonds is 7. The molecular weight excluding hydrogens is 368 g/mol. The summed E-state index contributed by atoms with van der Waals surface area (Å²) in [6.45, 7) is 10.3.